The quantitative estimate of drug-likeness (QED) is 0.407. The van der Waals surface area contributed by atoms with Crippen molar-refractivity contribution < 1.29 is 18.0 Å². The highest BCUT2D eigenvalue weighted by molar-refractivity contribution is 7.89. The fourth-order valence-electron chi connectivity index (χ4n) is 5.09. The number of H-pyrrole nitrogens is 1. The van der Waals surface area contributed by atoms with Gasteiger partial charge in [0, 0.05) is 35.8 Å². The van der Waals surface area contributed by atoms with Crippen molar-refractivity contribution in [3.63, 3.8) is 0 Å². The average molecular weight is 511 g/mol. The number of carbonyl (C=O) groups excluding carboxylic acids is 2. The van der Waals surface area contributed by atoms with E-state index in [9.17, 15) is 18.0 Å². The zero-order chi connectivity index (χ0) is 25.9. The minimum absolute atomic E-state index is 0.0985. The summed E-state index contributed by atoms with van der Waals surface area (Å²) in [6, 6.07) is 11.4. The molecule has 0 spiro atoms. The van der Waals surface area contributed by atoms with Gasteiger partial charge in [0.2, 0.25) is 15.9 Å². The normalized spacial score (nSPS) is 15.5. The number of amides is 1. The third kappa shape index (κ3) is 5.86. The number of primary amides is 1. The van der Waals surface area contributed by atoms with E-state index in [1.807, 2.05) is 49.5 Å². The highest BCUT2D eigenvalue weighted by Crippen LogP contribution is 2.37. The maximum absolute atomic E-state index is 12.8. The van der Waals surface area contributed by atoms with Gasteiger partial charge in [-0.2, -0.15) is 0 Å². The summed E-state index contributed by atoms with van der Waals surface area (Å²) < 4.78 is 27.2. The van der Waals surface area contributed by atoms with Crippen LogP contribution in [0.2, 0.25) is 0 Å². The third-order valence-electron chi connectivity index (χ3n) is 6.92. The van der Waals surface area contributed by atoms with Crippen molar-refractivity contribution >= 4 is 33.1 Å². The van der Waals surface area contributed by atoms with E-state index >= 15 is 0 Å². The summed E-state index contributed by atoms with van der Waals surface area (Å²) in [4.78, 5) is 28.4. The highest BCUT2D eigenvalue weighted by Gasteiger charge is 2.29. The van der Waals surface area contributed by atoms with Crippen LogP contribution in [0.15, 0.2) is 42.6 Å². The largest absolute Gasteiger partial charge is 0.369 e. The maximum atomic E-state index is 12.8. The van der Waals surface area contributed by atoms with Crippen LogP contribution in [0.4, 0.5) is 0 Å². The number of nitrogens with zero attached hydrogens (tertiary/aromatic N) is 2. The molecule has 0 aliphatic carbocycles. The number of hydrogen-bond donors (Lipinski definition) is 2. The molecular weight excluding hydrogens is 476 g/mol. The minimum Gasteiger partial charge on any atom is -0.369 e. The van der Waals surface area contributed by atoms with Crippen LogP contribution in [0.3, 0.4) is 0 Å². The third-order valence-corrected chi connectivity index (χ3v) is 8.88. The maximum Gasteiger partial charge on any atom is 0.221 e. The average Bonchev–Trinajstić information content (AvgIpc) is 3.28. The van der Waals surface area contributed by atoms with E-state index in [0.717, 1.165) is 58.8 Å². The number of nitrogens with one attached hydrogen (secondary N) is 1. The van der Waals surface area contributed by atoms with Crippen molar-refractivity contribution in [2.75, 3.05) is 39.5 Å². The molecule has 36 heavy (non-hydrogen) atoms. The van der Waals surface area contributed by atoms with E-state index in [-0.39, 0.29) is 18.1 Å². The van der Waals surface area contributed by atoms with Gasteiger partial charge < -0.3 is 15.6 Å². The first-order valence-electron chi connectivity index (χ1n) is 12.3. The molecule has 1 aliphatic heterocycles. The predicted molar refractivity (Wildman–Crippen MR) is 143 cm³/mol. The first kappa shape index (κ1) is 26.1. The Hall–Kier alpha value is -3.01. The molecule has 192 valence electrons. The lowest BCUT2D eigenvalue weighted by Crippen LogP contribution is -2.39. The number of nitrogens with two attached hydrogens (primary N) is 1. The standard InChI is InChI=1S/C27H34N4O4S/c1-30(2)9-4-12-36(34,35)31-10-7-20(8-11-31)25-17-29-27-23(16-26(28)33)14-22(15-24(25)27)21-6-3-5-19(13-21)18-32/h3,5-6,13-15,17-18,20,29H,4,7-12,16H2,1-2H3,(H2,28,33). The number of carbonyl (C=O) groups is 2. The number of piperidine rings is 1. The van der Waals surface area contributed by atoms with Crippen LogP contribution in [0.5, 0.6) is 0 Å². The lowest BCUT2D eigenvalue weighted by Gasteiger charge is -2.31. The van der Waals surface area contributed by atoms with Crippen molar-refractivity contribution in [2.24, 2.45) is 5.73 Å². The molecule has 1 saturated heterocycles. The molecule has 4 rings (SSSR count). The van der Waals surface area contributed by atoms with E-state index in [1.165, 1.54) is 0 Å². The van der Waals surface area contributed by atoms with Crippen LogP contribution in [-0.2, 0) is 21.2 Å². The Kier molecular flexibility index (Phi) is 7.92. The summed E-state index contributed by atoms with van der Waals surface area (Å²) in [7, 11) is 0.622. The molecule has 0 radical (unpaired) electrons. The zero-order valence-corrected chi connectivity index (χ0v) is 21.7. The minimum atomic E-state index is -3.26. The smallest absolute Gasteiger partial charge is 0.221 e. The molecule has 1 aromatic heterocycles. The van der Waals surface area contributed by atoms with Gasteiger partial charge in [-0.1, -0.05) is 18.2 Å². The van der Waals surface area contributed by atoms with E-state index in [1.54, 1.807) is 10.4 Å². The van der Waals surface area contributed by atoms with Crippen LogP contribution >= 0.6 is 0 Å². The number of rotatable bonds is 10. The van der Waals surface area contributed by atoms with Gasteiger partial charge in [0.15, 0.2) is 0 Å². The number of benzene rings is 2. The molecule has 1 aliphatic rings. The molecule has 8 nitrogen and oxygen atoms in total. The molecule has 2 heterocycles. The monoisotopic (exact) mass is 510 g/mol. The summed E-state index contributed by atoms with van der Waals surface area (Å²) in [6.45, 7) is 1.74. The zero-order valence-electron chi connectivity index (χ0n) is 20.9. The van der Waals surface area contributed by atoms with E-state index in [0.29, 0.717) is 25.1 Å². The molecule has 3 aromatic rings. The number of aromatic amines is 1. The Morgan fingerprint density at radius 2 is 1.92 bits per heavy atom. The molecule has 0 saturated carbocycles. The lowest BCUT2D eigenvalue weighted by atomic mass is 9.88. The molecule has 2 aromatic carbocycles. The second-order valence-corrected chi connectivity index (χ2v) is 11.9. The van der Waals surface area contributed by atoms with Gasteiger partial charge in [0.05, 0.1) is 12.2 Å². The van der Waals surface area contributed by atoms with E-state index in [2.05, 4.69) is 11.1 Å². The summed E-state index contributed by atoms with van der Waals surface area (Å²) in [5.41, 5.74) is 10.7. The molecule has 0 bridgehead atoms. The Bertz CT molecular complexity index is 1360. The molecule has 0 atom stereocenters. The molecule has 3 N–H and O–H groups in total. The van der Waals surface area contributed by atoms with Crippen LogP contribution in [0, 0.1) is 0 Å². The number of hydrogen-bond acceptors (Lipinski definition) is 5. The highest BCUT2D eigenvalue weighted by atomic mass is 32.2. The van der Waals surface area contributed by atoms with Crippen molar-refractivity contribution in [3.8, 4) is 11.1 Å². The van der Waals surface area contributed by atoms with Gasteiger partial charge in [-0.3, -0.25) is 9.59 Å². The lowest BCUT2D eigenvalue weighted by molar-refractivity contribution is -0.117. The van der Waals surface area contributed by atoms with Crippen LogP contribution in [0.1, 0.15) is 46.7 Å². The fraction of sp³-hybridized carbons (Fsp3) is 0.407. The van der Waals surface area contributed by atoms with Crippen LogP contribution < -0.4 is 5.73 Å². The number of aldehydes is 1. The first-order valence-corrected chi connectivity index (χ1v) is 13.9. The summed E-state index contributed by atoms with van der Waals surface area (Å²) in [6.07, 6.45) is 4.98. The number of aromatic nitrogens is 1. The van der Waals surface area contributed by atoms with Gasteiger partial charge >= 0.3 is 0 Å². The molecular formula is C27H34N4O4S. The molecule has 1 fully saturated rings. The predicted octanol–water partition coefficient (Wildman–Crippen LogP) is 3.14. The Balaban J connectivity index is 1.61. The summed E-state index contributed by atoms with van der Waals surface area (Å²) in [5.74, 6) is -0.0493. The van der Waals surface area contributed by atoms with Gasteiger partial charge in [-0.05, 0) is 86.3 Å². The van der Waals surface area contributed by atoms with E-state index in [4.69, 9.17) is 5.73 Å². The van der Waals surface area contributed by atoms with Gasteiger partial charge in [-0.25, -0.2) is 12.7 Å². The first-order chi connectivity index (χ1) is 17.2. The van der Waals surface area contributed by atoms with Crippen molar-refractivity contribution in [1.29, 1.82) is 0 Å². The number of fused-ring (bicyclic) bond motifs is 1. The van der Waals surface area contributed by atoms with Crippen molar-refractivity contribution in [2.45, 2.75) is 31.6 Å². The van der Waals surface area contributed by atoms with Gasteiger partial charge in [-0.15, -0.1) is 0 Å². The van der Waals surface area contributed by atoms with Gasteiger partial charge in [0.1, 0.15) is 6.29 Å². The summed E-state index contributed by atoms with van der Waals surface area (Å²) in [5, 5.41) is 1.01. The fourth-order valence-corrected chi connectivity index (χ4v) is 6.61. The second kappa shape index (κ2) is 10.9. The molecule has 0 unspecified atom stereocenters. The van der Waals surface area contributed by atoms with Gasteiger partial charge in [0.25, 0.3) is 0 Å². The molecule has 9 heteroatoms. The van der Waals surface area contributed by atoms with Crippen LogP contribution in [0.25, 0.3) is 22.0 Å². The van der Waals surface area contributed by atoms with E-state index < -0.39 is 15.9 Å². The van der Waals surface area contributed by atoms with Crippen molar-refractivity contribution in [1.82, 2.24) is 14.2 Å². The van der Waals surface area contributed by atoms with Crippen molar-refractivity contribution in [3.05, 3.63) is 59.3 Å². The summed E-state index contributed by atoms with van der Waals surface area (Å²) >= 11 is 0. The Morgan fingerprint density at radius 1 is 1.17 bits per heavy atom. The number of sulfonamides is 1. The second-order valence-electron chi connectivity index (χ2n) is 9.83. The SMILES string of the molecule is CN(C)CCCS(=O)(=O)N1CCC(c2c[nH]c3c(CC(N)=O)cc(-c4cccc(C=O)c4)cc23)CC1. The topological polar surface area (TPSA) is 117 Å². The Labute approximate surface area is 212 Å². The van der Waals surface area contributed by atoms with Crippen LogP contribution in [-0.4, -0.2) is 74.3 Å². The Morgan fingerprint density at radius 3 is 2.58 bits per heavy atom. The molecule has 1 amide bonds.